The number of rotatable bonds is 6. The van der Waals surface area contributed by atoms with Crippen LogP contribution in [0.25, 0.3) is 0 Å². The summed E-state index contributed by atoms with van der Waals surface area (Å²) < 4.78 is 25.7. The van der Waals surface area contributed by atoms with Gasteiger partial charge in [0, 0.05) is 25.8 Å². The van der Waals surface area contributed by atoms with E-state index in [0.29, 0.717) is 23.8 Å². The van der Waals surface area contributed by atoms with E-state index >= 15 is 0 Å². The molecule has 0 saturated heterocycles. The fraction of sp³-hybridized carbons (Fsp3) is 0.533. The molecule has 0 unspecified atom stereocenters. The van der Waals surface area contributed by atoms with Crippen LogP contribution < -0.4 is 5.32 Å². The van der Waals surface area contributed by atoms with Crippen molar-refractivity contribution in [3.63, 3.8) is 0 Å². The summed E-state index contributed by atoms with van der Waals surface area (Å²) >= 11 is 0. The predicted molar refractivity (Wildman–Crippen MR) is 86.3 cm³/mol. The minimum absolute atomic E-state index is 0.133. The lowest BCUT2D eigenvalue weighted by molar-refractivity contribution is -0.117. The summed E-state index contributed by atoms with van der Waals surface area (Å²) in [5.74, 6) is -0.133. The molecular formula is C15H23N3O3S. The largest absolute Gasteiger partial charge is 0.325 e. The molecule has 2 rings (SSSR count). The molecule has 0 spiro atoms. The van der Waals surface area contributed by atoms with Gasteiger partial charge in [0.25, 0.3) is 0 Å². The molecule has 6 nitrogen and oxygen atoms in total. The molecule has 7 heteroatoms. The zero-order valence-electron chi connectivity index (χ0n) is 13.5. The molecular weight excluding hydrogens is 302 g/mol. The number of carbonyl (C=O) groups excluding carboxylic acids is 1. The summed E-state index contributed by atoms with van der Waals surface area (Å²) in [7, 11) is 1.39. The molecule has 0 atom stereocenters. The first-order valence-corrected chi connectivity index (χ1v) is 8.69. The van der Waals surface area contributed by atoms with Crippen molar-refractivity contribution in [2.45, 2.75) is 30.7 Å². The van der Waals surface area contributed by atoms with Gasteiger partial charge >= 0.3 is 0 Å². The molecule has 22 heavy (non-hydrogen) atoms. The number of hydrogen-bond donors (Lipinski definition) is 1. The Morgan fingerprint density at radius 2 is 1.91 bits per heavy atom. The Bertz CT molecular complexity index is 667. The molecule has 1 aliphatic carbocycles. The minimum Gasteiger partial charge on any atom is -0.325 e. The first-order chi connectivity index (χ1) is 10.2. The molecule has 122 valence electrons. The molecule has 1 N–H and O–H groups in total. The van der Waals surface area contributed by atoms with E-state index in [4.69, 9.17) is 0 Å². The first kappa shape index (κ1) is 16.9. The van der Waals surface area contributed by atoms with Gasteiger partial charge in [-0.15, -0.1) is 0 Å². The molecule has 0 aromatic heterocycles. The highest BCUT2D eigenvalue weighted by atomic mass is 32.2. The molecule has 0 heterocycles. The van der Waals surface area contributed by atoms with E-state index in [1.54, 1.807) is 19.1 Å². The Morgan fingerprint density at radius 1 is 1.27 bits per heavy atom. The van der Waals surface area contributed by atoms with Gasteiger partial charge in [-0.2, -0.15) is 0 Å². The topological polar surface area (TPSA) is 69.7 Å². The monoisotopic (exact) mass is 325 g/mol. The molecule has 1 aliphatic rings. The Hall–Kier alpha value is -1.44. The van der Waals surface area contributed by atoms with E-state index in [-0.39, 0.29) is 10.8 Å². The van der Waals surface area contributed by atoms with Crippen molar-refractivity contribution in [3.05, 3.63) is 23.8 Å². The van der Waals surface area contributed by atoms with Crippen molar-refractivity contribution in [1.82, 2.24) is 9.21 Å². The summed E-state index contributed by atoms with van der Waals surface area (Å²) in [6, 6.07) is 5.45. The Kier molecular flexibility index (Phi) is 4.89. The normalized spacial score (nSPS) is 15.4. The number of carbonyl (C=O) groups is 1. The lowest BCUT2D eigenvalue weighted by Gasteiger charge is -2.17. The molecule has 1 amide bonds. The standard InChI is InChI=1S/C15H23N3O3S/c1-11-5-6-12(9-14(11)22(20,21)17(2)3)16-15(19)10-18(4)13-7-8-13/h5-6,9,13H,7-8,10H2,1-4H3,(H,16,19). The molecule has 1 aromatic rings. The number of nitrogens with one attached hydrogen (secondary N) is 1. The van der Waals surface area contributed by atoms with Crippen LogP contribution in [0, 0.1) is 6.92 Å². The van der Waals surface area contributed by atoms with Gasteiger partial charge in [-0.05, 0) is 44.5 Å². The number of benzene rings is 1. The van der Waals surface area contributed by atoms with Crippen molar-refractivity contribution in [1.29, 1.82) is 0 Å². The van der Waals surface area contributed by atoms with Crippen LogP contribution >= 0.6 is 0 Å². The summed E-state index contributed by atoms with van der Waals surface area (Å²) in [5, 5.41) is 2.77. The molecule has 0 radical (unpaired) electrons. The van der Waals surface area contributed by atoms with E-state index < -0.39 is 10.0 Å². The van der Waals surface area contributed by atoms with E-state index in [1.165, 1.54) is 24.5 Å². The maximum Gasteiger partial charge on any atom is 0.242 e. The van der Waals surface area contributed by atoms with Gasteiger partial charge in [-0.25, -0.2) is 12.7 Å². The Labute approximate surface area is 132 Å². The zero-order valence-corrected chi connectivity index (χ0v) is 14.3. The van der Waals surface area contributed by atoms with E-state index in [9.17, 15) is 13.2 Å². The number of nitrogens with zero attached hydrogens (tertiary/aromatic N) is 2. The van der Waals surface area contributed by atoms with Crippen LogP contribution in [0.3, 0.4) is 0 Å². The second-order valence-corrected chi connectivity index (χ2v) is 8.08. The number of likely N-dealkylation sites (N-methyl/N-ethyl adjacent to an activating group) is 1. The fourth-order valence-corrected chi connectivity index (χ4v) is 3.37. The minimum atomic E-state index is -3.52. The lowest BCUT2D eigenvalue weighted by Crippen LogP contribution is -2.31. The number of amides is 1. The van der Waals surface area contributed by atoms with Gasteiger partial charge in [-0.3, -0.25) is 9.69 Å². The van der Waals surface area contributed by atoms with Gasteiger partial charge in [0.2, 0.25) is 15.9 Å². The van der Waals surface area contributed by atoms with Crippen LogP contribution in [0.5, 0.6) is 0 Å². The van der Waals surface area contributed by atoms with E-state index in [1.807, 2.05) is 11.9 Å². The van der Waals surface area contributed by atoms with E-state index in [2.05, 4.69) is 5.32 Å². The fourth-order valence-electron chi connectivity index (χ4n) is 2.22. The zero-order chi connectivity index (χ0) is 16.5. The molecule has 1 saturated carbocycles. The second-order valence-electron chi connectivity index (χ2n) is 5.96. The second kappa shape index (κ2) is 6.36. The van der Waals surface area contributed by atoms with E-state index in [0.717, 1.165) is 12.8 Å². The number of aryl methyl sites for hydroxylation is 1. The third-order valence-electron chi connectivity index (χ3n) is 3.79. The third-order valence-corrected chi connectivity index (χ3v) is 5.75. The van der Waals surface area contributed by atoms with Crippen LogP contribution in [0.4, 0.5) is 5.69 Å². The average molecular weight is 325 g/mol. The van der Waals surface area contributed by atoms with Crippen molar-refractivity contribution in [2.24, 2.45) is 0 Å². The van der Waals surface area contributed by atoms with Crippen LogP contribution in [-0.4, -0.2) is 57.3 Å². The van der Waals surface area contributed by atoms with Gasteiger partial charge in [0.1, 0.15) is 0 Å². The van der Waals surface area contributed by atoms with Gasteiger partial charge < -0.3 is 5.32 Å². The number of hydrogen-bond acceptors (Lipinski definition) is 4. The van der Waals surface area contributed by atoms with Gasteiger partial charge in [-0.1, -0.05) is 6.07 Å². The molecule has 1 fully saturated rings. The summed E-state index contributed by atoms with van der Waals surface area (Å²) in [6.07, 6.45) is 2.28. The van der Waals surface area contributed by atoms with Crippen molar-refractivity contribution >= 4 is 21.6 Å². The Morgan fingerprint density at radius 3 is 2.45 bits per heavy atom. The lowest BCUT2D eigenvalue weighted by atomic mass is 10.2. The highest BCUT2D eigenvalue weighted by Gasteiger charge is 2.27. The molecule has 0 bridgehead atoms. The van der Waals surface area contributed by atoms with Crippen LogP contribution in [-0.2, 0) is 14.8 Å². The summed E-state index contributed by atoms with van der Waals surface area (Å²) in [5.41, 5.74) is 1.15. The number of sulfonamides is 1. The van der Waals surface area contributed by atoms with Crippen LogP contribution in [0.1, 0.15) is 18.4 Å². The summed E-state index contributed by atoms with van der Waals surface area (Å²) in [4.78, 5) is 14.3. The smallest absolute Gasteiger partial charge is 0.242 e. The highest BCUT2D eigenvalue weighted by Crippen LogP contribution is 2.25. The van der Waals surface area contributed by atoms with Crippen molar-refractivity contribution in [3.8, 4) is 0 Å². The SMILES string of the molecule is Cc1ccc(NC(=O)CN(C)C2CC2)cc1S(=O)(=O)N(C)C. The van der Waals surface area contributed by atoms with Gasteiger partial charge in [0.15, 0.2) is 0 Å². The quantitative estimate of drug-likeness (QED) is 0.855. The maximum atomic E-state index is 12.3. The first-order valence-electron chi connectivity index (χ1n) is 7.25. The number of anilines is 1. The van der Waals surface area contributed by atoms with Crippen LogP contribution in [0.15, 0.2) is 23.1 Å². The molecule has 0 aliphatic heterocycles. The third kappa shape index (κ3) is 3.85. The predicted octanol–water partition coefficient (Wildman–Crippen LogP) is 1.28. The van der Waals surface area contributed by atoms with Gasteiger partial charge in [0.05, 0.1) is 11.4 Å². The Balaban J connectivity index is 2.14. The van der Waals surface area contributed by atoms with Crippen molar-refractivity contribution < 1.29 is 13.2 Å². The maximum absolute atomic E-state index is 12.3. The van der Waals surface area contributed by atoms with Crippen LogP contribution in [0.2, 0.25) is 0 Å². The van der Waals surface area contributed by atoms with Crippen molar-refractivity contribution in [2.75, 3.05) is 33.0 Å². The highest BCUT2D eigenvalue weighted by molar-refractivity contribution is 7.89. The average Bonchev–Trinajstić information content (AvgIpc) is 3.24. The summed E-state index contributed by atoms with van der Waals surface area (Å²) in [6.45, 7) is 2.05. The molecule has 1 aromatic carbocycles.